The first kappa shape index (κ1) is 12.9. The lowest BCUT2D eigenvalue weighted by Crippen LogP contribution is -2.47. The molecule has 0 bridgehead atoms. The van der Waals surface area contributed by atoms with Crippen molar-refractivity contribution in [1.29, 1.82) is 0 Å². The molecular formula is C16H23NO2. The maximum atomic E-state index is 9.77. The first-order chi connectivity index (χ1) is 9.13. The number of phenols is 1. The molecule has 0 spiro atoms. The fourth-order valence-electron chi connectivity index (χ4n) is 3.61. The summed E-state index contributed by atoms with van der Waals surface area (Å²) < 4.78 is 5.83. The number of phenolic OH excluding ortho intramolecular Hbond substituents is 1. The Labute approximate surface area is 115 Å². The fraction of sp³-hybridized carbons (Fsp3) is 0.625. The lowest BCUT2D eigenvalue weighted by Gasteiger charge is -2.42. The van der Waals surface area contributed by atoms with E-state index < -0.39 is 0 Å². The Hall–Kier alpha value is -1.06. The standard InChI is InChI=1S/C16H23NO2/c1-11-9-17(10-12(2)19-11)16-5-3-4-13-6-7-14(18)8-15(13)16/h6-8,11-12,16,18H,3-5,9-10H2,1-2H3/t11-,12+,16?. The number of benzene rings is 1. The molecule has 3 rings (SSSR count). The van der Waals surface area contributed by atoms with Crippen LogP contribution in [0.25, 0.3) is 0 Å². The van der Waals surface area contributed by atoms with Gasteiger partial charge in [-0.05, 0) is 56.4 Å². The summed E-state index contributed by atoms with van der Waals surface area (Å²) in [7, 11) is 0. The molecule has 3 atom stereocenters. The Morgan fingerprint density at radius 2 is 1.95 bits per heavy atom. The second-order valence-electron chi connectivity index (χ2n) is 6.00. The molecule has 1 aliphatic heterocycles. The van der Waals surface area contributed by atoms with Gasteiger partial charge in [0.1, 0.15) is 5.75 Å². The SMILES string of the molecule is C[C@@H]1CN(C2CCCc3ccc(O)cc32)C[C@H](C)O1. The third-order valence-corrected chi connectivity index (χ3v) is 4.30. The first-order valence-electron chi connectivity index (χ1n) is 7.35. The Balaban J connectivity index is 1.88. The molecule has 3 heteroatoms. The highest BCUT2D eigenvalue weighted by atomic mass is 16.5. The van der Waals surface area contributed by atoms with E-state index >= 15 is 0 Å². The van der Waals surface area contributed by atoms with E-state index in [1.54, 1.807) is 0 Å². The summed E-state index contributed by atoms with van der Waals surface area (Å²) in [6.07, 6.45) is 4.16. The van der Waals surface area contributed by atoms with Crippen LogP contribution in [0.3, 0.4) is 0 Å². The second kappa shape index (κ2) is 5.14. The molecular weight excluding hydrogens is 238 g/mol. The molecule has 0 aromatic heterocycles. The van der Waals surface area contributed by atoms with Crippen molar-refractivity contribution >= 4 is 0 Å². The summed E-state index contributed by atoms with van der Waals surface area (Å²) in [4.78, 5) is 2.54. The fourth-order valence-corrected chi connectivity index (χ4v) is 3.61. The van der Waals surface area contributed by atoms with Crippen LogP contribution >= 0.6 is 0 Å². The molecule has 1 aromatic carbocycles. The lowest BCUT2D eigenvalue weighted by molar-refractivity contribution is -0.0827. The number of hydrogen-bond donors (Lipinski definition) is 1. The molecule has 3 nitrogen and oxygen atoms in total. The van der Waals surface area contributed by atoms with E-state index in [0.717, 1.165) is 19.5 Å². The van der Waals surface area contributed by atoms with Gasteiger partial charge in [-0.25, -0.2) is 0 Å². The molecule has 0 radical (unpaired) electrons. The summed E-state index contributed by atoms with van der Waals surface area (Å²) >= 11 is 0. The van der Waals surface area contributed by atoms with E-state index in [9.17, 15) is 5.11 Å². The van der Waals surface area contributed by atoms with Crippen LogP contribution in [0.15, 0.2) is 18.2 Å². The maximum Gasteiger partial charge on any atom is 0.115 e. The predicted molar refractivity (Wildman–Crippen MR) is 75.4 cm³/mol. The number of hydrogen-bond acceptors (Lipinski definition) is 3. The van der Waals surface area contributed by atoms with Crippen molar-refractivity contribution in [2.45, 2.75) is 51.4 Å². The van der Waals surface area contributed by atoms with Gasteiger partial charge in [-0.15, -0.1) is 0 Å². The van der Waals surface area contributed by atoms with Gasteiger partial charge in [0.05, 0.1) is 12.2 Å². The number of ether oxygens (including phenoxy) is 1. The van der Waals surface area contributed by atoms with Gasteiger partial charge in [0.15, 0.2) is 0 Å². The van der Waals surface area contributed by atoms with Gasteiger partial charge in [-0.1, -0.05) is 6.07 Å². The minimum Gasteiger partial charge on any atom is -0.508 e. The van der Waals surface area contributed by atoms with E-state index in [1.165, 1.54) is 24.0 Å². The van der Waals surface area contributed by atoms with Crippen molar-refractivity contribution in [2.24, 2.45) is 0 Å². The molecule has 0 amide bonds. The highest BCUT2D eigenvalue weighted by Crippen LogP contribution is 2.37. The zero-order valence-corrected chi connectivity index (χ0v) is 11.8. The molecule has 1 aromatic rings. The molecule has 0 saturated carbocycles. The van der Waals surface area contributed by atoms with Crippen molar-refractivity contribution in [3.63, 3.8) is 0 Å². The molecule has 19 heavy (non-hydrogen) atoms. The summed E-state index contributed by atoms with van der Waals surface area (Å²) in [6, 6.07) is 6.31. The second-order valence-corrected chi connectivity index (χ2v) is 6.00. The number of aromatic hydroxyl groups is 1. The monoisotopic (exact) mass is 261 g/mol. The summed E-state index contributed by atoms with van der Waals surface area (Å²) in [5, 5.41) is 9.77. The maximum absolute atomic E-state index is 9.77. The number of nitrogens with zero attached hydrogens (tertiary/aromatic N) is 1. The van der Waals surface area contributed by atoms with Crippen LogP contribution < -0.4 is 0 Å². The van der Waals surface area contributed by atoms with Crippen LogP contribution in [0, 0.1) is 0 Å². The quantitative estimate of drug-likeness (QED) is 0.843. The largest absolute Gasteiger partial charge is 0.508 e. The van der Waals surface area contributed by atoms with E-state index in [-0.39, 0.29) is 0 Å². The number of fused-ring (bicyclic) bond motifs is 1. The van der Waals surface area contributed by atoms with Gasteiger partial charge in [-0.3, -0.25) is 4.90 Å². The Kier molecular flexibility index (Phi) is 3.50. The van der Waals surface area contributed by atoms with Gasteiger partial charge in [-0.2, -0.15) is 0 Å². The van der Waals surface area contributed by atoms with Crippen molar-refractivity contribution in [1.82, 2.24) is 4.90 Å². The zero-order valence-electron chi connectivity index (χ0n) is 11.8. The first-order valence-corrected chi connectivity index (χ1v) is 7.35. The van der Waals surface area contributed by atoms with Crippen molar-refractivity contribution in [2.75, 3.05) is 13.1 Å². The smallest absolute Gasteiger partial charge is 0.115 e. The average Bonchev–Trinajstić information content (AvgIpc) is 2.36. The lowest BCUT2D eigenvalue weighted by atomic mass is 9.86. The van der Waals surface area contributed by atoms with Crippen LogP contribution in [0.1, 0.15) is 43.9 Å². The summed E-state index contributed by atoms with van der Waals surface area (Å²) in [5.41, 5.74) is 2.73. The highest BCUT2D eigenvalue weighted by molar-refractivity contribution is 5.38. The molecule has 1 unspecified atom stereocenters. The normalized spacial score (nSPS) is 32.0. The Morgan fingerprint density at radius 1 is 1.21 bits per heavy atom. The molecule has 104 valence electrons. The van der Waals surface area contributed by atoms with Crippen molar-refractivity contribution in [3.05, 3.63) is 29.3 Å². The Bertz CT molecular complexity index is 450. The van der Waals surface area contributed by atoms with Crippen LogP contribution in [0.5, 0.6) is 5.75 Å². The van der Waals surface area contributed by atoms with Crippen molar-refractivity contribution in [3.8, 4) is 5.75 Å². The van der Waals surface area contributed by atoms with E-state index in [0.29, 0.717) is 24.0 Å². The predicted octanol–water partition coefficient (Wildman–Crippen LogP) is 2.88. The topological polar surface area (TPSA) is 32.7 Å². The molecule has 1 heterocycles. The van der Waals surface area contributed by atoms with Gasteiger partial charge >= 0.3 is 0 Å². The minimum absolute atomic E-state index is 0.298. The van der Waals surface area contributed by atoms with Crippen LogP contribution in [0.2, 0.25) is 0 Å². The van der Waals surface area contributed by atoms with Crippen LogP contribution in [0.4, 0.5) is 0 Å². The van der Waals surface area contributed by atoms with Crippen LogP contribution in [-0.4, -0.2) is 35.3 Å². The van der Waals surface area contributed by atoms with Crippen LogP contribution in [-0.2, 0) is 11.2 Å². The third-order valence-electron chi connectivity index (χ3n) is 4.30. The average molecular weight is 261 g/mol. The molecule has 1 aliphatic carbocycles. The third kappa shape index (κ3) is 2.63. The summed E-state index contributed by atoms with van der Waals surface area (Å²) in [6.45, 7) is 6.28. The minimum atomic E-state index is 0.298. The van der Waals surface area contributed by atoms with Gasteiger partial charge in [0.25, 0.3) is 0 Å². The van der Waals surface area contributed by atoms with Gasteiger partial charge < -0.3 is 9.84 Å². The van der Waals surface area contributed by atoms with E-state index in [2.05, 4.69) is 24.8 Å². The number of rotatable bonds is 1. The zero-order chi connectivity index (χ0) is 13.4. The number of aryl methyl sites for hydroxylation is 1. The Morgan fingerprint density at radius 3 is 2.68 bits per heavy atom. The molecule has 1 N–H and O–H groups in total. The highest BCUT2D eigenvalue weighted by Gasteiger charge is 2.31. The molecule has 2 aliphatic rings. The number of morpholine rings is 1. The van der Waals surface area contributed by atoms with Gasteiger partial charge in [0.2, 0.25) is 0 Å². The summed E-state index contributed by atoms with van der Waals surface area (Å²) in [5.74, 6) is 0.389. The van der Waals surface area contributed by atoms with Crippen molar-refractivity contribution < 1.29 is 9.84 Å². The molecule has 1 fully saturated rings. The molecule has 1 saturated heterocycles. The van der Waals surface area contributed by atoms with Gasteiger partial charge in [0, 0.05) is 19.1 Å². The van der Waals surface area contributed by atoms with E-state index in [4.69, 9.17) is 4.74 Å². The van der Waals surface area contributed by atoms with E-state index in [1.807, 2.05) is 12.1 Å².